The van der Waals surface area contributed by atoms with Gasteiger partial charge in [0.25, 0.3) is 0 Å². The average molecular weight is 342 g/mol. The second-order valence-electron chi connectivity index (χ2n) is 4.94. The minimum atomic E-state index is -0.252. The highest BCUT2D eigenvalue weighted by Gasteiger charge is 2.05. The number of aromatic nitrogens is 2. The number of hydrogen-bond donors (Lipinski definition) is 1. The number of nitriles is 1. The van der Waals surface area contributed by atoms with Crippen molar-refractivity contribution in [3.63, 3.8) is 0 Å². The molecule has 0 saturated heterocycles. The minimum absolute atomic E-state index is 0.0136. The first-order valence-electron chi connectivity index (χ1n) is 7.62. The molecule has 7 heteroatoms. The van der Waals surface area contributed by atoms with Crippen molar-refractivity contribution in [3.05, 3.63) is 40.9 Å². The number of aryl methyl sites for hydroxylation is 1. The van der Waals surface area contributed by atoms with Gasteiger partial charge in [-0.25, -0.2) is 0 Å². The van der Waals surface area contributed by atoms with Gasteiger partial charge in [0.1, 0.15) is 16.8 Å². The zero-order chi connectivity index (χ0) is 17.2. The minimum Gasteiger partial charge on any atom is -0.479 e. The van der Waals surface area contributed by atoms with E-state index in [1.807, 2.05) is 18.2 Å². The maximum Gasteiger partial charge on any atom is 0.250 e. The number of nitrogens with one attached hydrogen (secondary N) is 1. The fraction of sp³-hybridized carbons (Fsp3) is 0.294. The summed E-state index contributed by atoms with van der Waals surface area (Å²) >= 11 is 1.40. The maximum atomic E-state index is 11.9. The second kappa shape index (κ2) is 9.43. The lowest BCUT2D eigenvalue weighted by Gasteiger charge is -2.01. The molecule has 0 aliphatic rings. The van der Waals surface area contributed by atoms with Gasteiger partial charge in [-0.2, -0.15) is 5.26 Å². The summed E-state index contributed by atoms with van der Waals surface area (Å²) in [6.45, 7) is 2.14. The third-order valence-electron chi connectivity index (χ3n) is 3.05. The first-order chi connectivity index (χ1) is 11.7. The molecule has 0 aliphatic carbocycles. The Labute approximate surface area is 144 Å². The number of rotatable bonds is 8. The lowest BCUT2D eigenvalue weighted by molar-refractivity contribution is -0.111. The van der Waals surface area contributed by atoms with Crippen molar-refractivity contribution in [2.75, 3.05) is 11.9 Å². The molecule has 0 radical (unpaired) electrons. The second-order valence-corrected chi connectivity index (χ2v) is 6.00. The Kier molecular flexibility index (Phi) is 6.92. The number of ether oxygens (including phenoxy) is 1. The van der Waals surface area contributed by atoms with Crippen LogP contribution in [0.25, 0.3) is 6.08 Å². The molecule has 0 aliphatic heterocycles. The van der Waals surface area contributed by atoms with Crippen LogP contribution >= 0.6 is 11.3 Å². The number of amides is 1. The summed E-state index contributed by atoms with van der Waals surface area (Å²) in [5.74, 6) is 0.365. The normalized spacial score (nSPS) is 10.5. The van der Waals surface area contributed by atoms with Crippen LogP contribution in [0.3, 0.4) is 0 Å². The smallest absolute Gasteiger partial charge is 0.250 e. The molecule has 0 unspecified atom stereocenters. The van der Waals surface area contributed by atoms with Crippen LogP contribution in [0.5, 0.6) is 5.75 Å². The quantitative estimate of drug-likeness (QED) is 0.743. The van der Waals surface area contributed by atoms with Gasteiger partial charge >= 0.3 is 0 Å². The number of carbonyl (C=O) groups is 1. The molecule has 0 fully saturated rings. The summed E-state index contributed by atoms with van der Waals surface area (Å²) in [5.41, 5.74) is 0.857. The molecule has 2 aromatic rings. The Morgan fingerprint density at radius 1 is 1.38 bits per heavy atom. The number of anilines is 1. The summed E-state index contributed by atoms with van der Waals surface area (Å²) in [4.78, 5) is 11.9. The summed E-state index contributed by atoms with van der Waals surface area (Å²) in [6.07, 6.45) is 6.20. The van der Waals surface area contributed by atoms with E-state index in [0.717, 1.165) is 29.8 Å². The SMILES string of the molecule is CCCCc1nnc(NC(=O)/C=C/c2ccc(OCC#N)cc2)s1. The van der Waals surface area contributed by atoms with E-state index >= 15 is 0 Å². The zero-order valence-corrected chi connectivity index (χ0v) is 14.2. The predicted molar refractivity (Wildman–Crippen MR) is 93.7 cm³/mol. The molecule has 1 heterocycles. The van der Waals surface area contributed by atoms with Gasteiger partial charge in [0.15, 0.2) is 6.61 Å². The molecule has 6 nitrogen and oxygen atoms in total. The lowest BCUT2D eigenvalue weighted by atomic mass is 10.2. The summed E-state index contributed by atoms with van der Waals surface area (Å²) in [5, 5.41) is 20.6. The highest BCUT2D eigenvalue weighted by atomic mass is 32.1. The monoisotopic (exact) mass is 342 g/mol. The standard InChI is InChI=1S/C17H18N4O2S/c1-2-3-4-16-20-21-17(24-16)19-15(22)10-7-13-5-8-14(9-6-13)23-12-11-18/h5-10H,2-4,12H2,1H3,(H,19,21,22)/b10-7+. The molecular weight excluding hydrogens is 324 g/mol. The van der Waals surface area contributed by atoms with Gasteiger partial charge in [-0.05, 0) is 30.2 Å². The molecule has 1 aromatic heterocycles. The number of benzene rings is 1. The molecule has 0 bridgehead atoms. The van der Waals surface area contributed by atoms with Crippen LogP contribution in [0, 0.1) is 11.3 Å². The van der Waals surface area contributed by atoms with Crippen LogP contribution in [0.1, 0.15) is 30.3 Å². The number of unbranched alkanes of at least 4 members (excludes halogenated alkanes) is 1. The van der Waals surface area contributed by atoms with E-state index in [0.29, 0.717) is 10.9 Å². The van der Waals surface area contributed by atoms with E-state index in [2.05, 4.69) is 22.4 Å². The van der Waals surface area contributed by atoms with Crippen LogP contribution in [-0.4, -0.2) is 22.7 Å². The van der Waals surface area contributed by atoms with Gasteiger partial charge in [-0.1, -0.05) is 36.8 Å². The van der Waals surface area contributed by atoms with E-state index in [-0.39, 0.29) is 12.5 Å². The van der Waals surface area contributed by atoms with Gasteiger partial charge in [-0.3, -0.25) is 10.1 Å². The molecule has 1 amide bonds. The fourth-order valence-corrected chi connectivity index (χ4v) is 2.63. The topological polar surface area (TPSA) is 87.9 Å². The molecule has 124 valence electrons. The van der Waals surface area contributed by atoms with Crippen LogP contribution in [0.15, 0.2) is 30.3 Å². The molecule has 24 heavy (non-hydrogen) atoms. The van der Waals surface area contributed by atoms with E-state index in [1.54, 1.807) is 18.2 Å². The van der Waals surface area contributed by atoms with Crippen molar-refractivity contribution >= 4 is 28.5 Å². The first kappa shape index (κ1) is 17.6. The van der Waals surface area contributed by atoms with Gasteiger partial charge in [-0.15, -0.1) is 10.2 Å². The summed E-state index contributed by atoms with van der Waals surface area (Å²) in [6, 6.07) is 9.03. The average Bonchev–Trinajstić information content (AvgIpc) is 3.04. The van der Waals surface area contributed by atoms with Crippen molar-refractivity contribution in [2.45, 2.75) is 26.2 Å². The molecule has 1 N–H and O–H groups in total. The Bertz CT molecular complexity index is 732. The van der Waals surface area contributed by atoms with Crippen LogP contribution in [-0.2, 0) is 11.2 Å². The van der Waals surface area contributed by atoms with Gasteiger partial charge in [0.2, 0.25) is 11.0 Å². The number of hydrogen-bond acceptors (Lipinski definition) is 6. The number of nitrogens with zero attached hydrogens (tertiary/aromatic N) is 3. The fourth-order valence-electron chi connectivity index (χ4n) is 1.84. The molecule has 1 aromatic carbocycles. The highest BCUT2D eigenvalue weighted by molar-refractivity contribution is 7.15. The lowest BCUT2D eigenvalue weighted by Crippen LogP contribution is -2.07. The summed E-state index contributed by atoms with van der Waals surface area (Å²) in [7, 11) is 0. The van der Waals surface area contributed by atoms with Gasteiger partial charge < -0.3 is 4.74 Å². The Morgan fingerprint density at radius 2 is 2.17 bits per heavy atom. The maximum absolute atomic E-state index is 11.9. The largest absolute Gasteiger partial charge is 0.479 e. The predicted octanol–water partition coefficient (Wildman–Crippen LogP) is 3.43. The highest BCUT2D eigenvalue weighted by Crippen LogP contribution is 2.17. The third-order valence-corrected chi connectivity index (χ3v) is 3.95. The van der Waals surface area contributed by atoms with E-state index in [4.69, 9.17) is 10.00 Å². The Morgan fingerprint density at radius 3 is 2.88 bits per heavy atom. The first-order valence-corrected chi connectivity index (χ1v) is 8.44. The van der Waals surface area contributed by atoms with Crippen molar-refractivity contribution in [1.82, 2.24) is 10.2 Å². The molecule has 0 saturated carbocycles. The van der Waals surface area contributed by atoms with Crippen molar-refractivity contribution in [3.8, 4) is 11.8 Å². The van der Waals surface area contributed by atoms with Crippen LogP contribution < -0.4 is 10.1 Å². The Balaban J connectivity index is 1.86. The van der Waals surface area contributed by atoms with Crippen molar-refractivity contribution in [1.29, 1.82) is 5.26 Å². The van der Waals surface area contributed by atoms with Gasteiger partial charge in [0, 0.05) is 12.5 Å². The zero-order valence-electron chi connectivity index (χ0n) is 13.4. The molecule has 2 rings (SSSR count). The molecule has 0 atom stereocenters. The Hall–Kier alpha value is -2.72. The molecular formula is C17H18N4O2S. The van der Waals surface area contributed by atoms with Crippen molar-refractivity contribution in [2.24, 2.45) is 0 Å². The van der Waals surface area contributed by atoms with Gasteiger partial charge in [0.05, 0.1) is 0 Å². The van der Waals surface area contributed by atoms with Crippen molar-refractivity contribution < 1.29 is 9.53 Å². The van der Waals surface area contributed by atoms with Crippen LogP contribution in [0.4, 0.5) is 5.13 Å². The summed E-state index contributed by atoms with van der Waals surface area (Å²) < 4.78 is 5.17. The van der Waals surface area contributed by atoms with E-state index in [1.165, 1.54) is 17.4 Å². The number of carbonyl (C=O) groups excluding carboxylic acids is 1. The van der Waals surface area contributed by atoms with Crippen LogP contribution in [0.2, 0.25) is 0 Å². The van der Waals surface area contributed by atoms with E-state index < -0.39 is 0 Å². The van der Waals surface area contributed by atoms with E-state index in [9.17, 15) is 4.79 Å². The third kappa shape index (κ3) is 5.82. The molecule has 0 spiro atoms.